The predicted molar refractivity (Wildman–Crippen MR) is 111 cm³/mol. The number of Topliss-reactive ketones (excluding diaryl/α,β-unsaturated/α-hetero) is 1. The van der Waals surface area contributed by atoms with Gasteiger partial charge in [-0.15, -0.1) is 0 Å². The minimum absolute atomic E-state index is 0.0988. The summed E-state index contributed by atoms with van der Waals surface area (Å²) in [5.41, 5.74) is 4.12. The van der Waals surface area contributed by atoms with Crippen LogP contribution in [0, 0.1) is 0 Å². The topological polar surface area (TPSA) is 285 Å². The first-order valence-corrected chi connectivity index (χ1v) is 14.3. The highest BCUT2D eigenvalue weighted by Gasteiger charge is 2.50. The van der Waals surface area contributed by atoms with E-state index in [4.69, 9.17) is 25.2 Å². The number of ether oxygens (including phenoxy) is 1. The number of carbonyl (C=O) groups is 2. The molecule has 2 heterocycles. The first kappa shape index (κ1) is 30.2. The summed E-state index contributed by atoms with van der Waals surface area (Å²) in [6.45, 7) is 0.798. The van der Waals surface area contributed by atoms with Crippen molar-refractivity contribution in [2.24, 2.45) is 5.73 Å². The van der Waals surface area contributed by atoms with Crippen LogP contribution in [0.2, 0.25) is 0 Å². The summed E-state index contributed by atoms with van der Waals surface area (Å²) in [7, 11) is -16.9. The zero-order valence-electron chi connectivity index (χ0n) is 18.0. The Bertz CT molecular complexity index is 987. The monoisotopic (exact) mass is 569 g/mol. The number of nitrogens with two attached hydrogens (primary N) is 1. The van der Waals surface area contributed by atoms with Crippen molar-refractivity contribution in [2.45, 2.75) is 56.4 Å². The first-order chi connectivity index (χ1) is 15.9. The van der Waals surface area contributed by atoms with E-state index >= 15 is 0 Å². The Balaban J connectivity index is 2.04. The molecule has 2 rings (SSSR count). The van der Waals surface area contributed by atoms with Crippen LogP contribution in [-0.2, 0) is 36.4 Å². The highest BCUT2D eigenvalue weighted by Crippen LogP contribution is 2.66. The van der Waals surface area contributed by atoms with Gasteiger partial charge in [-0.1, -0.05) is 13.3 Å². The number of aliphatic hydroxyl groups excluding tert-OH is 2. The minimum Gasteiger partial charge on any atom is -0.387 e. The molecule has 18 nitrogen and oxygen atoms in total. The van der Waals surface area contributed by atoms with Crippen molar-refractivity contribution in [3.05, 3.63) is 12.3 Å². The van der Waals surface area contributed by atoms with Crippen molar-refractivity contribution in [3.63, 3.8) is 0 Å². The van der Waals surface area contributed by atoms with Crippen LogP contribution < -0.4 is 11.1 Å². The number of hydrogen-bond acceptors (Lipinski definition) is 12. The maximum Gasteiger partial charge on any atom is 0.490 e. The van der Waals surface area contributed by atoms with Crippen LogP contribution in [0.15, 0.2) is 12.3 Å². The van der Waals surface area contributed by atoms with E-state index in [2.05, 4.69) is 18.5 Å². The molecule has 2 aliphatic heterocycles. The third kappa shape index (κ3) is 8.21. The molecule has 0 spiro atoms. The lowest BCUT2D eigenvalue weighted by Crippen LogP contribution is -2.66. The maximum atomic E-state index is 12.5. The number of rotatable bonds is 12. The standard InChI is InChI=1S/C14H26N3O15P3/c1-2-3-4-9(18)14(15)5-6-17(13(21)16-14)12-11(20)10(19)8(30-12)7-29-34(25,26)32-35(27,28)31-33(22,23)24/h5-6,8,10-12,19-20H,2-4,7,15H2,1H3,(H,16,21)(H,25,26)(H,27,28)(H2,22,23,24)/t8-,10-,11-,12-,14?/m1/s1. The van der Waals surface area contributed by atoms with Crippen molar-refractivity contribution in [2.75, 3.05) is 6.61 Å². The molecule has 0 aliphatic carbocycles. The van der Waals surface area contributed by atoms with Gasteiger partial charge in [-0.3, -0.25) is 20.0 Å². The third-order valence-corrected chi connectivity index (χ3v) is 8.50. The molecule has 9 N–H and O–H groups in total. The molecular formula is C14H26N3O15P3. The largest absolute Gasteiger partial charge is 0.490 e. The van der Waals surface area contributed by atoms with E-state index in [0.717, 1.165) is 17.2 Å². The molecule has 0 aromatic carbocycles. The minimum atomic E-state index is -5.76. The Kier molecular flexibility index (Phi) is 9.59. The molecule has 0 bridgehead atoms. The Labute approximate surface area is 198 Å². The third-order valence-electron chi connectivity index (χ3n) is 4.69. The van der Waals surface area contributed by atoms with E-state index in [1.54, 1.807) is 0 Å². The van der Waals surface area contributed by atoms with Crippen molar-refractivity contribution >= 4 is 35.3 Å². The summed E-state index contributed by atoms with van der Waals surface area (Å²) in [6.07, 6.45) is -3.23. The van der Waals surface area contributed by atoms with Crippen molar-refractivity contribution < 1.29 is 71.0 Å². The number of aliphatic hydroxyl groups is 2. The quantitative estimate of drug-likeness (QED) is 0.127. The molecule has 2 aliphatic rings. The lowest BCUT2D eigenvalue weighted by atomic mass is 9.99. The molecular weight excluding hydrogens is 543 g/mol. The number of phosphoric acid groups is 3. The molecule has 0 radical (unpaired) electrons. The van der Waals surface area contributed by atoms with Crippen LogP contribution >= 0.6 is 23.5 Å². The van der Waals surface area contributed by atoms with Crippen molar-refractivity contribution in [1.29, 1.82) is 0 Å². The van der Waals surface area contributed by atoms with Crippen LogP contribution in [0.5, 0.6) is 0 Å². The van der Waals surface area contributed by atoms with E-state index in [9.17, 15) is 38.4 Å². The Hall–Kier alpha value is -1.07. The second-order valence-electron chi connectivity index (χ2n) is 7.48. The van der Waals surface area contributed by atoms with E-state index in [-0.39, 0.29) is 6.42 Å². The van der Waals surface area contributed by atoms with Crippen LogP contribution in [-0.4, -0.2) is 83.3 Å². The van der Waals surface area contributed by atoms with Gasteiger partial charge in [-0.2, -0.15) is 8.62 Å². The average molecular weight is 569 g/mol. The number of ketones is 1. The molecule has 1 fully saturated rings. The Morgan fingerprint density at radius 3 is 2.34 bits per heavy atom. The molecule has 0 saturated carbocycles. The smallest absolute Gasteiger partial charge is 0.387 e. The van der Waals surface area contributed by atoms with Crippen LogP contribution in [0.4, 0.5) is 4.79 Å². The van der Waals surface area contributed by atoms with Gasteiger partial charge < -0.3 is 39.8 Å². The predicted octanol–water partition coefficient (Wildman–Crippen LogP) is -1.27. The summed E-state index contributed by atoms with van der Waals surface area (Å²) >= 11 is 0. The van der Waals surface area contributed by atoms with Gasteiger partial charge in [0, 0.05) is 12.6 Å². The summed E-state index contributed by atoms with van der Waals surface area (Å²) in [5.74, 6) is -0.467. The number of nitrogens with zero attached hydrogens (tertiary/aromatic N) is 1. The van der Waals surface area contributed by atoms with Crippen LogP contribution in [0.3, 0.4) is 0 Å². The van der Waals surface area contributed by atoms with Gasteiger partial charge in [0.15, 0.2) is 17.7 Å². The number of amides is 2. The number of nitrogens with one attached hydrogen (secondary N) is 1. The number of phosphoric ester groups is 1. The van der Waals surface area contributed by atoms with Gasteiger partial charge in [-0.05, 0) is 12.5 Å². The van der Waals surface area contributed by atoms with E-state index < -0.39 is 72.1 Å². The highest BCUT2D eigenvalue weighted by atomic mass is 31.3. The molecule has 21 heteroatoms. The molecule has 3 unspecified atom stereocenters. The van der Waals surface area contributed by atoms with E-state index in [1.807, 2.05) is 6.92 Å². The number of urea groups is 1. The molecule has 202 valence electrons. The fourth-order valence-corrected chi connectivity index (χ4v) is 6.05. The lowest BCUT2D eigenvalue weighted by molar-refractivity contribution is -0.124. The molecule has 1 saturated heterocycles. The van der Waals surface area contributed by atoms with E-state index in [0.29, 0.717) is 12.8 Å². The first-order valence-electron chi connectivity index (χ1n) is 9.81. The molecule has 35 heavy (non-hydrogen) atoms. The van der Waals surface area contributed by atoms with Gasteiger partial charge in [0.1, 0.15) is 18.3 Å². The maximum absolute atomic E-state index is 12.5. The fourth-order valence-electron chi connectivity index (χ4n) is 3.02. The number of hydrogen-bond donors (Lipinski definition) is 8. The fraction of sp³-hybridized carbons (Fsp3) is 0.714. The van der Waals surface area contributed by atoms with Gasteiger partial charge in [-0.25, -0.2) is 18.5 Å². The van der Waals surface area contributed by atoms with Gasteiger partial charge >= 0.3 is 29.5 Å². The number of carbonyl (C=O) groups excluding carboxylic acids is 2. The van der Waals surface area contributed by atoms with Gasteiger partial charge in [0.25, 0.3) is 0 Å². The van der Waals surface area contributed by atoms with Crippen molar-refractivity contribution in [3.8, 4) is 0 Å². The van der Waals surface area contributed by atoms with Crippen molar-refractivity contribution in [1.82, 2.24) is 10.2 Å². The second-order valence-corrected chi connectivity index (χ2v) is 11.9. The average Bonchev–Trinajstić information content (AvgIpc) is 2.96. The summed E-state index contributed by atoms with van der Waals surface area (Å²) in [6, 6.07) is -0.968. The zero-order valence-corrected chi connectivity index (χ0v) is 20.7. The SMILES string of the molecule is CCCCC(=O)C1(N)C=CN([C@@H]2O[C@H](COP(=O)(O)OP(=O)(O)OP(=O)(O)O)[C@@H](O)[C@H]2O)C(=O)N1. The summed E-state index contributed by atoms with van der Waals surface area (Å²) in [4.78, 5) is 61.2. The number of unbranched alkanes of at least 4 members (excludes halogenated alkanes) is 1. The lowest BCUT2D eigenvalue weighted by Gasteiger charge is -2.36. The summed E-state index contributed by atoms with van der Waals surface area (Å²) in [5, 5.41) is 22.7. The van der Waals surface area contributed by atoms with Crippen LogP contribution in [0.1, 0.15) is 26.2 Å². The van der Waals surface area contributed by atoms with Gasteiger partial charge in [0.2, 0.25) is 0 Å². The molecule has 0 aromatic rings. The molecule has 2 amide bonds. The molecule has 7 atom stereocenters. The zero-order chi connectivity index (χ0) is 26.8. The van der Waals surface area contributed by atoms with Gasteiger partial charge in [0.05, 0.1) is 6.61 Å². The summed E-state index contributed by atoms with van der Waals surface area (Å²) < 4.78 is 50.6. The normalized spacial score (nSPS) is 32.7. The second kappa shape index (κ2) is 11.1. The van der Waals surface area contributed by atoms with Crippen LogP contribution in [0.25, 0.3) is 0 Å². The Morgan fingerprint density at radius 2 is 1.80 bits per heavy atom. The molecule has 0 aromatic heterocycles. The highest BCUT2D eigenvalue weighted by molar-refractivity contribution is 7.66. The van der Waals surface area contributed by atoms with E-state index in [1.165, 1.54) is 0 Å². The Morgan fingerprint density at radius 1 is 1.17 bits per heavy atom.